The van der Waals surface area contributed by atoms with E-state index in [9.17, 15) is 13.2 Å². The molecule has 2 aromatic rings. The number of aromatic nitrogens is 3. The quantitative estimate of drug-likeness (QED) is 0.878. The van der Waals surface area contributed by atoms with Gasteiger partial charge in [-0.05, 0) is 31.0 Å². The highest BCUT2D eigenvalue weighted by atomic mass is 35.5. The molecule has 1 aliphatic heterocycles. The van der Waals surface area contributed by atoms with Crippen LogP contribution in [0.3, 0.4) is 0 Å². The zero-order valence-electron chi connectivity index (χ0n) is 11.0. The van der Waals surface area contributed by atoms with E-state index in [1.165, 1.54) is 6.07 Å². The van der Waals surface area contributed by atoms with Crippen molar-refractivity contribution in [3.8, 4) is 11.3 Å². The van der Waals surface area contributed by atoms with Gasteiger partial charge in [0.1, 0.15) is 5.69 Å². The Morgan fingerprint density at radius 2 is 2.05 bits per heavy atom. The Balaban J connectivity index is 0.00000161. The normalized spacial score (nSPS) is 18.0. The zero-order chi connectivity index (χ0) is 14.3. The van der Waals surface area contributed by atoms with E-state index >= 15 is 0 Å². The van der Waals surface area contributed by atoms with Crippen LogP contribution >= 0.6 is 12.4 Å². The van der Waals surface area contributed by atoms with Gasteiger partial charge in [-0.25, -0.2) is 0 Å². The summed E-state index contributed by atoms with van der Waals surface area (Å²) in [6.07, 6.45) is -1.50. The SMILES string of the molecule is Cl.N[C@H]1CCCn2nc(-c3ccnc(C(F)(F)F)c3)cc21. The molecule has 0 spiro atoms. The lowest BCUT2D eigenvalue weighted by Gasteiger charge is -2.19. The van der Waals surface area contributed by atoms with Crippen LogP contribution < -0.4 is 5.73 Å². The Labute approximate surface area is 125 Å². The van der Waals surface area contributed by atoms with Crippen LogP contribution in [0.4, 0.5) is 13.2 Å². The number of nitrogens with zero attached hydrogens (tertiary/aromatic N) is 3. The van der Waals surface area contributed by atoms with Crippen molar-refractivity contribution in [1.82, 2.24) is 14.8 Å². The first kappa shape index (κ1) is 15.8. The molecule has 0 saturated heterocycles. The third kappa shape index (κ3) is 3.03. The van der Waals surface area contributed by atoms with Crippen molar-refractivity contribution >= 4 is 12.4 Å². The summed E-state index contributed by atoms with van der Waals surface area (Å²) in [6.45, 7) is 0.750. The smallest absolute Gasteiger partial charge is 0.323 e. The second-order valence-corrected chi connectivity index (χ2v) is 4.85. The highest BCUT2D eigenvalue weighted by molar-refractivity contribution is 5.85. The molecular formula is C13H14ClF3N4. The first-order valence-electron chi connectivity index (χ1n) is 6.32. The lowest BCUT2D eigenvalue weighted by atomic mass is 10.0. The molecule has 0 bridgehead atoms. The van der Waals surface area contributed by atoms with E-state index in [4.69, 9.17) is 5.73 Å². The van der Waals surface area contributed by atoms with Crippen LogP contribution in [0.1, 0.15) is 30.3 Å². The first-order chi connectivity index (χ1) is 9.45. The molecule has 114 valence electrons. The number of aryl methyl sites for hydroxylation is 1. The molecule has 1 aliphatic rings. The van der Waals surface area contributed by atoms with Crippen LogP contribution in [0, 0.1) is 0 Å². The molecule has 3 rings (SSSR count). The third-order valence-corrected chi connectivity index (χ3v) is 3.42. The van der Waals surface area contributed by atoms with Crippen molar-refractivity contribution in [3.05, 3.63) is 35.8 Å². The van der Waals surface area contributed by atoms with Crippen molar-refractivity contribution in [3.63, 3.8) is 0 Å². The summed E-state index contributed by atoms with van der Waals surface area (Å²) in [7, 11) is 0. The fourth-order valence-electron chi connectivity index (χ4n) is 2.40. The average Bonchev–Trinajstić information content (AvgIpc) is 2.83. The molecule has 0 saturated carbocycles. The average molecular weight is 319 g/mol. The maximum atomic E-state index is 12.7. The van der Waals surface area contributed by atoms with Crippen LogP contribution in [-0.4, -0.2) is 14.8 Å². The van der Waals surface area contributed by atoms with E-state index < -0.39 is 11.9 Å². The number of rotatable bonds is 1. The first-order valence-corrected chi connectivity index (χ1v) is 6.32. The van der Waals surface area contributed by atoms with Crippen molar-refractivity contribution in [2.45, 2.75) is 31.6 Å². The van der Waals surface area contributed by atoms with Crippen molar-refractivity contribution in [2.75, 3.05) is 0 Å². The molecule has 1 atom stereocenters. The van der Waals surface area contributed by atoms with Gasteiger partial charge < -0.3 is 5.73 Å². The van der Waals surface area contributed by atoms with Gasteiger partial charge in [0.25, 0.3) is 0 Å². The Kier molecular flexibility index (Phi) is 4.25. The van der Waals surface area contributed by atoms with Gasteiger partial charge in [-0.1, -0.05) is 0 Å². The summed E-state index contributed by atoms with van der Waals surface area (Å²) in [5.41, 5.74) is 6.85. The second kappa shape index (κ2) is 5.65. The van der Waals surface area contributed by atoms with Gasteiger partial charge in [-0.15, -0.1) is 12.4 Å². The third-order valence-electron chi connectivity index (χ3n) is 3.42. The standard InChI is InChI=1S/C13H13F3N4.ClH/c14-13(15,16)12-6-8(3-4-18-12)10-7-11-9(17)2-1-5-20(11)19-10;/h3-4,6-7,9H,1-2,5,17H2;1H/t9-;/m0./s1. The van der Waals surface area contributed by atoms with Crippen LogP contribution in [0.2, 0.25) is 0 Å². The Morgan fingerprint density at radius 1 is 1.29 bits per heavy atom. The summed E-state index contributed by atoms with van der Waals surface area (Å²) in [4.78, 5) is 3.35. The summed E-state index contributed by atoms with van der Waals surface area (Å²) >= 11 is 0. The maximum absolute atomic E-state index is 12.7. The minimum Gasteiger partial charge on any atom is -0.323 e. The van der Waals surface area contributed by atoms with Gasteiger partial charge in [0.05, 0.1) is 11.4 Å². The predicted octanol–water partition coefficient (Wildman–Crippen LogP) is 3.18. The molecule has 0 fully saturated rings. The molecule has 8 heteroatoms. The van der Waals surface area contributed by atoms with Crippen molar-refractivity contribution < 1.29 is 13.2 Å². The number of alkyl halides is 3. The van der Waals surface area contributed by atoms with Crippen LogP contribution in [0.15, 0.2) is 24.4 Å². The summed E-state index contributed by atoms with van der Waals surface area (Å²) in [5.74, 6) is 0. The molecule has 2 N–H and O–H groups in total. The van der Waals surface area contributed by atoms with Crippen molar-refractivity contribution in [1.29, 1.82) is 0 Å². The van der Waals surface area contributed by atoms with E-state index in [0.717, 1.165) is 37.3 Å². The van der Waals surface area contributed by atoms with E-state index in [1.54, 1.807) is 10.7 Å². The fourth-order valence-corrected chi connectivity index (χ4v) is 2.40. The van der Waals surface area contributed by atoms with Gasteiger partial charge in [-0.2, -0.15) is 18.3 Å². The molecule has 3 heterocycles. The lowest BCUT2D eigenvalue weighted by Crippen LogP contribution is -2.21. The number of hydrogen-bond acceptors (Lipinski definition) is 3. The highest BCUT2D eigenvalue weighted by Gasteiger charge is 2.32. The molecule has 0 aromatic carbocycles. The van der Waals surface area contributed by atoms with Crippen molar-refractivity contribution in [2.24, 2.45) is 5.73 Å². The highest BCUT2D eigenvalue weighted by Crippen LogP contribution is 2.32. The molecule has 21 heavy (non-hydrogen) atoms. The monoisotopic (exact) mass is 318 g/mol. The summed E-state index contributed by atoms with van der Waals surface area (Å²) < 4.78 is 39.8. The van der Waals surface area contributed by atoms with Gasteiger partial charge >= 0.3 is 6.18 Å². The van der Waals surface area contributed by atoms with E-state index in [-0.39, 0.29) is 18.4 Å². The van der Waals surface area contributed by atoms with Gasteiger partial charge in [0.2, 0.25) is 0 Å². The number of nitrogens with two attached hydrogens (primary N) is 1. The Morgan fingerprint density at radius 3 is 2.71 bits per heavy atom. The largest absolute Gasteiger partial charge is 0.433 e. The molecule has 0 unspecified atom stereocenters. The minimum absolute atomic E-state index is 0. The van der Waals surface area contributed by atoms with Gasteiger partial charge in [0.15, 0.2) is 0 Å². The number of fused-ring (bicyclic) bond motifs is 1. The zero-order valence-corrected chi connectivity index (χ0v) is 11.8. The summed E-state index contributed by atoms with van der Waals surface area (Å²) in [5, 5.41) is 4.34. The molecule has 0 amide bonds. The fraction of sp³-hybridized carbons (Fsp3) is 0.385. The van der Waals surface area contributed by atoms with Crippen LogP contribution in [0.5, 0.6) is 0 Å². The molecular weight excluding hydrogens is 305 g/mol. The van der Waals surface area contributed by atoms with Gasteiger partial charge in [0, 0.05) is 24.3 Å². The van der Waals surface area contributed by atoms with E-state index in [1.807, 2.05) is 0 Å². The molecule has 2 aromatic heterocycles. The summed E-state index contributed by atoms with van der Waals surface area (Å²) in [6, 6.07) is 4.20. The Bertz CT molecular complexity index is 639. The number of halogens is 4. The topological polar surface area (TPSA) is 56.7 Å². The molecule has 0 aliphatic carbocycles. The molecule has 4 nitrogen and oxygen atoms in total. The second-order valence-electron chi connectivity index (χ2n) is 4.85. The van der Waals surface area contributed by atoms with E-state index in [0.29, 0.717) is 11.3 Å². The van der Waals surface area contributed by atoms with Crippen LogP contribution in [-0.2, 0) is 12.7 Å². The lowest BCUT2D eigenvalue weighted by molar-refractivity contribution is -0.141. The van der Waals surface area contributed by atoms with Crippen LogP contribution in [0.25, 0.3) is 11.3 Å². The number of pyridine rings is 1. The maximum Gasteiger partial charge on any atom is 0.433 e. The Hall–Kier alpha value is -1.60. The minimum atomic E-state index is -4.45. The number of hydrogen-bond donors (Lipinski definition) is 1. The van der Waals surface area contributed by atoms with Gasteiger partial charge in [-0.3, -0.25) is 9.67 Å². The predicted molar refractivity (Wildman–Crippen MR) is 73.9 cm³/mol. The van der Waals surface area contributed by atoms with E-state index in [2.05, 4.69) is 10.1 Å². The molecule has 0 radical (unpaired) electrons.